The molecule has 0 aliphatic carbocycles. The number of urea groups is 1. The summed E-state index contributed by atoms with van der Waals surface area (Å²) in [7, 11) is 0. The second-order valence-electron chi connectivity index (χ2n) is 1.91. The van der Waals surface area contributed by atoms with Crippen LogP contribution in [-0.2, 0) is 0 Å². The van der Waals surface area contributed by atoms with Crippen molar-refractivity contribution in [3.63, 3.8) is 0 Å². The van der Waals surface area contributed by atoms with Crippen LogP contribution < -0.4 is 5.32 Å². The number of rotatable bonds is 0. The Bertz CT molecular complexity index is 198. The number of hydrogen-bond acceptors (Lipinski definition) is 1. The van der Waals surface area contributed by atoms with Crippen molar-refractivity contribution in [3.05, 3.63) is 12.3 Å². The summed E-state index contributed by atoms with van der Waals surface area (Å²) >= 11 is 0. The van der Waals surface area contributed by atoms with E-state index in [1.165, 1.54) is 6.08 Å². The first-order chi connectivity index (χ1) is 5.02. The highest BCUT2D eigenvalue weighted by Crippen LogP contribution is 2.22. The zero-order valence-electron chi connectivity index (χ0n) is 5.35. The molecule has 62 valence electrons. The SMILES string of the molecule is O=C1NCC=CN1C(F)(F)F. The van der Waals surface area contributed by atoms with Crippen molar-refractivity contribution in [2.24, 2.45) is 0 Å². The normalized spacial score (nSPS) is 18.5. The first kappa shape index (κ1) is 7.90. The van der Waals surface area contributed by atoms with Crippen molar-refractivity contribution < 1.29 is 18.0 Å². The summed E-state index contributed by atoms with van der Waals surface area (Å²) in [6.45, 7) is 0.144. The minimum absolute atomic E-state index is 0.144. The van der Waals surface area contributed by atoms with E-state index in [2.05, 4.69) is 0 Å². The Hall–Kier alpha value is -1.20. The van der Waals surface area contributed by atoms with Gasteiger partial charge in [-0.25, -0.2) is 9.69 Å². The molecule has 6 heteroatoms. The van der Waals surface area contributed by atoms with Gasteiger partial charge in [0.15, 0.2) is 0 Å². The lowest BCUT2D eigenvalue weighted by Gasteiger charge is -2.23. The third-order valence-corrected chi connectivity index (χ3v) is 1.12. The molecule has 0 saturated heterocycles. The average molecular weight is 166 g/mol. The fraction of sp³-hybridized carbons (Fsp3) is 0.400. The standard InChI is InChI=1S/C5H5F3N2O/c6-5(7,8)10-3-1-2-9-4(10)11/h1,3H,2H2,(H,9,11). The van der Waals surface area contributed by atoms with Crippen LogP contribution in [0, 0.1) is 0 Å². The van der Waals surface area contributed by atoms with E-state index in [1.54, 1.807) is 0 Å². The maximum absolute atomic E-state index is 11.8. The van der Waals surface area contributed by atoms with E-state index in [9.17, 15) is 18.0 Å². The molecule has 3 nitrogen and oxygen atoms in total. The summed E-state index contributed by atoms with van der Waals surface area (Å²) in [5.74, 6) is 0. The van der Waals surface area contributed by atoms with E-state index in [0.29, 0.717) is 6.20 Å². The van der Waals surface area contributed by atoms with Crippen LogP contribution in [0.2, 0.25) is 0 Å². The Labute approximate surface area is 60.5 Å². The molecule has 0 bridgehead atoms. The Kier molecular flexibility index (Phi) is 1.76. The van der Waals surface area contributed by atoms with Crippen molar-refractivity contribution in [1.82, 2.24) is 10.2 Å². The summed E-state index contributed by atoms with van der Waals surface area (Å²) in [5, 5.41) is 2.02. The number of carbonyl (C=O) groups excluding carboxylic acids is 1. The van der Waals surface area contributed by atoms with Crippen molar-refractivity contribution >= 4 is 6.03 Å². The summed E-state index contributed by atoms with van der Waals surface area (Å²) in [4.78, 5) is 10.2. The largest absolute Gasteiger partial charge is 0.492 e. The van der Waals surface area contributed by atoms with E-state index in [4.69, 9.17) is 0 Å². The molecule has 0 aromatic carbocycles. The van der Waals surface area contributed by atoms with E-state index >= 15 is 0 Å². The van der Waals surface area contributed by atoms with Gasteiger partial charge in [0.2, 0.25) is 0 Å². The number of halogens is 3. The second kappa shape index (κ2) is 2.44. The summed E-state index contributed by atoms with van der Waals surface area (Å²) in [6, 6.07) is -1.14. The van der Waals surface area contributed by atoms with Crippen molar-refractivity contribution in [1.29, 1.82) is 0 Å². The van der Waals surface area contributed by atoms with Crippen molar-refractivity contribution in [2.75, 3.05) is 6.54 Å². The van der Waals surface area contributed by atoms with Gasteiger partial charge in [-0.05, 0) is 6.08 Å². The van der Waals surface area contributed by atoms with Gasteiger partial charge in [-0.2, -0.15) is 0 Å². The van der Waals surface area contributed by atoms with E-state index in [1.807, 2.05) is 5.32 Å². The molecule has 1 N–H and O–H groups in total. The van der Waals surface area contributed by atoms with Crippen LogP contribution in [0.5, 0.6) is 0 Å². The third kappa shape index (κ3) is 1.63. The average Bonchev–Trinajstić information content (AvgIpc) is 1.86. The molecule has 1 aliphatic heterocycles. The van der Waals surface area contributed by atoms with Crippen LogP contribution in [0.15, 0.2) is 12.3 Å². The lowest BCUT2D eigenvalue weighted by Crippen LogP contribution is -2.47. The predicted octanol–water partition coefficient (Wildman–Crippen LogP) is 1.05. The van der Waals surface area contributed by atoms with Gasteiger partial charge >= 0.3 is 12.3 Å². The molecular formula is C5H5F3N2O. The molecule has 0 spiro atoms. The zero-order valence-corrected chi connectivity index (χ0v) is 5.35. The Morgan fingerprint density at radius 3 is 2.55 bits per heavy atom. The van der Waals surface area contributed by atoms with Gasteiger partial charge in [0.1, 0.15) is 0 Å². The topological polar surface area (TPSA) is 32.3 Å². The first-order valence-electron chi connectivity index (χ1n) is 2.82. The van der Waals surface area contributed by atoms with Crippen LogP contribution in [0.4, 0.5) is 18.0 Å². The van der Waals surface area contributed by atoms with Gasteiger partial charge in [0, 0.05) is 12.7 Å². The number of nitrogens with one attached hydrogen (secondary N) is 1. The van der Waals surface area contributed by atoms with Crippen LogP contribution in [0.3, 0.4) is 0 Å². The number of alkyl halides is 3. The lowest BCUT2D eigenvalue weighted by molar-refractivity contribution is -0.208. The van der Waals surface area contributed by atoms with E-state index in [0.717, 1.165) is 0 Å². The number of carbonyl (C=O) groups is 1. The maximum atomic E-state index is 11.8. The minimum Gasteiger partial charge on any atom is -0.334 e. The van der Waals surface area contributed by atoms with Gasteiger partial charge in [-0.3, -0.25) is 0 Å². The molecule has 0 fully saturated rings. The Morgan fingerprint density at radius 1 is 1.55 bits per heavy atom. The Balaban J connectivity index is 2.77. The molecule has 0 radical (unpaired) electrons. The second-order valence-corrected chi connectivity index (χ2v) is 1.91. The van der Waals surface area contributed by atoms with Crippen molar-refractivity contribution in [2.45, 2.75) is 6.30 Å². The van der Waals surface area contributed by atoms with Crippen LogP contribution in [0.1, 0.15) is 0 Å². The zero-order chi connectivity index (χ0) is 8.48. The molecule has 11 heavy (non-hydrogen) atoms. The van der Waals surface area contributed by atoms with Gasteiger partial charge in [-0.15, -0.1) is 13.2 Å². The molecule has 0 aromatic heterocycles. The fourth-order valence-corrected chi connectivity index (χ4v) is 0.657. The summed E-state index contributed by atoms with van der Waals surface area (Å²) in [5.41, 5.74) is 0. The fourth-order valence-electron chi connectivity index (χ4n) is 0.657. The lowest BCUT2D eigenvalue weighted by atomic mass is 10.5. The van der Waals surface area contributed by atoms with Crippen molar-refractivity contribution in [3.8, 4) is 0 Å². The van der Waals surface area contributed by atoms with Crippen LogP contribution in [0.25, 0.3) is 0 Å². The molecule has 1 aliphatic rings. The first-order valence-corrected chi connectivity index (χ1v) is 2.82. The summed E-state index contributed by atoms with van der Waals surface area (Å²) in [6.07, 6.45) is -2.70. The number of hydrogen-bond donors (Lipinski definition) is 1. The highest BCUT2D eigenvalue weighted by molar-refractivity contribution is 5.76. The molecule has 1 rings (SSSR count). The smallest absolute Gasteiger partial charge is 0.334 e. The van der Waals surface area contributed by atoms with E-state index in [-0.39, 0.29) is 11.4 Å². The number of nitrogens with zero attached hydrogens (tertiary/aromatic N) is 1. The van der Waals surface area contributed by atoms with Crippen LogP contribution >= 0.6 is 0 Å². The maximum Gasteiger partial charge on any atom is 0.492 e. The van der Waals surface area contributed by atoms with Crippen LogP contribution in [-0.4, -0.2) is 23.8 Å². The monoisotopic (exact) mass is 166 g/mol. The molecule has 2 amide bonds. The minimum atomic E-state index is -4.62. The Morgan fingerprint density at radius 2 is 2.18 bits per heavy atom. The van der Waals surface area contributed by atoms with Gasteiger partial charge in [0.05, 0.1) is 0 Å². The van der Waals surface area contributed by atoms with Gasteiger partial charge in [-0.1, -0.05) is 0 Å². The highest BCUT2D eigenvalue weighted by Gasteiger charge is 2.40. The highest BCUT2D eigenvalue weighted by atomic mass is 19.4. The molecular weight excluding hydrogens is 161 g/mol. The third-order valence-electron chi connectivity index (χ3n) is 1.12. The predicted molar refractivity (Wildman–Crippen MR) is 30.4 cm³/mol. The molecule has 0 saturated carbocycles. The quantitative estimate of drug-likeness (QED) is 0.536. The molecule has 0 aromatic rings. The molecule has 1 heterocycles. The van der Waals surface area contributed by atoms with Gasteiger partial charge < -0.3 is 5.32 Å². The molecule has 0 atom stereocenters. The van der Waals surface area contributed by atoms with E-state index < -0.39 is 12.3 Å². The molecule has 0 unspecified atom stereocenters. The number of amides is 2. The van der Waals surface area contributed by atoms with Gasteiger partial charge in [0.25, 0.3) is 0 Å². The summed E-state index contributed by atoms with van der Waals surface area (Å²) < 4.78 is 35.4.